The van der Waals surface area contributed by atoms with Gasteiger partial charge in [-0.05, 0) is 31.1 Å². The zero-order chi connectivity index (χ0) is 8.67. The summed E-state index contributed by atoms with van der Waals surface area (Å²) in [6, 6.07) is 0.752. The first-order valence-electron chi connectivity index (χ1n) is 5.01. The summed E-state index contributed by atoms with van der Waals surface area (Å²) in [5.41, 5.74) is 1.02. The van der Waals surface area contributed by atoms with Crippen LogP contribution in [0.15, 0.2) is 6.20 Å². The molecule has 0 radical (unpaired) electrons. The van der Waals surface area contributed by atoms with Crippen molar-refractivity contribution in [2.75, 3.05) is 0 Å². The summed E-state index contributed by atoms with van der Waals surface area (Å²) in [4.78, 5) is 0. The first-order chi connectivity index (χ1) is 6.43. The van der Waals surface area contributed by atoms with Gasteiger partial charge in [-0.3, -0.25) is 0 Å². The van der Waals surface area contributed by atoms with Crippen molar-refractivity contribution in [3.63, 3.8) is 0 Å². The molecule has 0 bridgehead atoms. The predicted octanol–water partition coefficient (Wildman–Crippen LogP) is 0.693. The third-order valence-corrected chi connectivity index (χ3v) is 3.35. The van der Waals surface area contributed by atoms with E-state index in [4.69, 9.17) is 0 Å². The molecule has 70 valence electrons. The number of aromatic amines is 1. The summed E-state index contributed by atoms with van der Waals surface area (Å²) < 4.78 is 0. The molecule has 1 aromatic rings. The number of fused-ring (bicyclic) bond motifs is 1. The molecule has 0 saturated heterocycles. The van der Waals surface area contributed by atoms with Crippen molar-refractivity contribution in [1.82, 2.24) is 20.7 Å². The summed E-state index contributed by atoms with van der Waals surface area (Å²) in [6.07, 6.45) is 6.02. The molecule has 4 nitrogen and oxygen atoms in total. The van der Waals surface area contributed by atoms with Crippen LogP contribution < -0.4 is 5.32 Å². The standard InChI is InChI=1S/C9H14N4/c1-2-9(8-3-6(1)8)10-4-7-5-11-13-12-7/h5-6,8-10H,1-4H2,(H,11,12,13)/t6-,8+,9?/m1/s1. The maximum absolute atomic E-state index is 4.02. The van der Waals surface area contributed by atoms with Gasteiger partial charge < -0.3 is 5.32 Å². The highest BCUT2D eigenvalue weighted by atomic mass is 15.3. The predicted molar refractivity (Wildman–Crippen MR) is 47.8 cm³/mol. The minimum atomic E-state index is 0.752. The molecule has 2 aliphatic carbocycles. The second kappa shape index (κ2) is 2.80. The fourth-order valence-electron chi connectivity index (χ4n) is 2.50. The lowest BCUT2D eigenvalue weighted by Gasteiger charge is -2.12. The van der Waals surface area contributed by atoms with Crippen molar-refractivity contribution < 1.29 is 0 Å². The van der Waals surface area contributed by atoms with Gasteiger partial charge in [0.15, 0.2) is 0 Å². The molecule has 4 heteroatoms. The Bertz CT molecular complexity index is 282. The maximum atomic E-state index is 4.02. The smallest absolute Gasteiger partial charge is 0.0962 e. The highest BCUT2D eigenvalue weighted by molar-refractivity contribution is 5.02. The topological polar surface area (TPSA) is 53.6 Å². The van der Waals surface area contributed by atoms with Gasteiger partial charge >= 0.3 is 0 Å². The Morgan fingerprint density at radius 2 is 2.54 bits per heavy atom. The Morgan fingerprint density at radius 3 is 3.15 bits per heavy atom. The molecule has 2 fully saturated rings. The van der Waals surface area contributed by atoms with E-state index in [0.717, 1.165) is 30.1 Å². The van der Waals surface area contributed by atoms with Crippen LogP contribution in [-0.4, -0.2) is 21.5 Å². The van der Waals surface area contributed by atoms with Gasteiger partial charge in [-0.2, -0.15) is 15.4 Å². The summed E-state index contributed by atoms with van der Waals surface area (Å²) in [6.45, 7) is 0.865. The molecule has 0 aliphatic heterocycles. The summed E-state index contributed by atoms with van der Waals surface area (Å²) >= 11 is 0. The van der Waals surface area contributed by atoms with E-state index in [2.05, 4.69) is 20.7 Å². The molecule has 2 aliphatic rings. The summed E-state index contributed by atoms with van der Waals surface area (Å²) in [5, 5.41) is 14.0. The van der Waals surface area contributed by atoms with Crippen molar-refractivity contribution in [3.8, 4) is 0 Å². The molecule has 0 aromatic carbocycles. The number of aromatic nitrogens is 3. The number of nitrogens with one attached hydrogen (secondary N) is 2. The third kappa shape index (κ3) is 1.35. The molecule has 13 heavy (non-hydrogen) atoms. The van der Waals surface area contributed by atoms with Gasteiger partial charge in [-0.15, -0.1) is 0 Å². The summed E-state index contributed by atoms with van der Waals surface area (Å²) in [7, 11) is 0. The number of nitrogens with zero attached hydrogens (tertiary/aromatic N) is 2. The quantitative estimate of drug-likeness (QED) is 0.716. The molecule has 2 N–H and O–H groups in total. The fraction of sp³-hybridized carbons (Fsp3) is 0.778. The van der Waals surface area contributed by atoms with E-state index in [0.29, 0.717) is 0 Å². The highest BCUT2D eigenvalue weighted by Crippen LogP contribution is 2.51. The van der Waals surface area contributed by atoms with Gasteiger partial charge in [0.05, 0.1) is 11.9 Å². The first kappa shape index (κ1) is 7.50. The van der Waals surface area contributed by atoms with Crippen LogP contribution in [0.4, 0.5) is 0 Å². The highest BCUT2D eigenvalue weighted by Gasteiger charge is 2.47. The number of hydrogen-bond donors (Lipinski definition) is 2. The lowest BCUT2D eigenvalue weighted by molar-refractivity contribution is 0.471. The molecule has 1 unspecified atom stereocenters. The van der Waals surface area contributed by atoms with Crippen LogP contribution >= 0.6 is 0 Å². The zero-order valence-corrected chi connectivity index (χ0v) is 7.53. The van der Waals surface area contributed by atoms with Gasteiger partial charge in [-0.25, -0.2) is 0 Å². The van der Waals surface area contributed by atoms with Crippen molar-refractivity contribution in [1.29, 1.82) is 0 Å². The van der Waals surface area contributed by atoms with Crippen LogP contribution in [0.2, 0.25) is 0 Å². The molecular formula is C9H14N4. The average molecular weight is 178 g/mol. The van der Waals surface area contributed by atoms with E-state index < -0.39 is 0 Å². The lowest BCUT2D eigenvalue weighted by atomic mass is 10.2. The number of rotatable bonds is 3. The van der Waals surface area contributed by atoms with Crippen molar-refractivity contribution in [3.05, 3.63) is 11.9 Å². The monoisotopic (exact) mass is 178 g/mol. The first-order valence-corrected chi connectivity index (χ1v) is 5.01. The van der Waals surface area contributed by atoms with E-state index in [1.807, 2.05) is 0 Å². The van der Waals surface area contributed by atoms with E-state index in [1.54, 1.807) is 6.20 Å². The Balaban J connectivity index is 1.53. The Kier molecular flexibility index (Phi) is 1.62. The second-order valence-electron chi connectivity index (χ2n) is 4.19. The average Bonchev–Trinajstić information content (AvgIpc) is 2.64. The maximum Gasteiger partial charge on any atom is 0.0962 e. The largest absolute Gasteiger partial charge is 0.308 e. The van der Waals surface area contributed by atoms with E-state index >= 15 is 0 Å². The van der Waals surface area contributed by atoms with Crippen LogP contribution in [-0.2, 0) is 6.54 Å². The lowest BCUT2D eigenvalue weighted by Crippen LogP contribution is -2.28. The van der Waals surface area contributed by atoms with Crippen molar-refractivity contribution >= 4 is 0 Å². The fourth-order valence-corrected chi connectivity index (χ4v) is 2.50. The number of hydrogen-bond acceptors (Lipinski definition) is 3. The minimum absolute atomic E-state index is 0.752. The Hall–Kier alpha value is -0.900. The second-order valence-corrected chi connectivity index (χ2v) is 4.19. The minimum Gasteiger partial charge on any atom is -0.308 e. The molecule has 0 amide bonds. The van der Waals surface area contributed by atoms with Gasteiger partial charge in [0.2, 0.25) is 0 Å². The molecule has 0 spiro atoms. The van der Waals surface area contributed by atoms with Crippen LogP contribution in [0.25, 0.3) is 0 Å². The van der Waals surface area contributed by atoms with Crippen molar-refractivity contribution in [2.24, 2.45) is 11.8 Å². The molecule has 3 atom stereocenters. The zero-order valence-electron chi connectivity index (χ0n) is 7.53. The van der Waals surface area contributed by atoms with Gasteiger partial charge in [0.25, 0.3) is 0 Å². The molecular weight excluding hydrogens is 164 g/mol. The van der Waals surface area contributed by atoms with Crippen LogP contribution in [0.5, 0.6) is 0 Å². The van der Waals surface area contributed by atoms with Crippen molar-refractivity contribution in [2.45, 2.75) is 31.8 Å². The Morgan fingerprint density at radius 1 is 1.54 bits per heavy atom. The van der Waals surface area contributed by atoms with E-state index in [9.17, 15) is 0 Å². The normalized spacial score (nSPS) is 36.2. The SMILES string of the molecule is c1n[nH]nc1CNC1CC[C@@H]2C[C@H]12. The van der Waals surface area contributed by atoms with E-state index in [1.165, 1.54) is 19.3 Å². The van der Waals surface area contributed by atoms with Gasteiger partial charge in [-0.1, -0.05) is 0 Å². The summed E-state index contributed by atoms with van der Waals surface area (Å²) in [5.74, 6) is 2.03. The van der Waals surface area contributed by atoms with Crippen LogP contribution in [0.1, 0.15) is 25.0 Å². The molecule has 1 heterocycles. The number of H-pyrrole nitrogens is 1. The van der Waals surface area contributed by atoms with Gasteiger partial charge in [0, 0.05) is 12.6 Å². The third-order valence-electron chi connectivity index (χ3n) is 3.35. The van der Waals surface area contributed by atoms with Crippen LogP contribution in [0.3, 0.4) is 0 Å². The molecule has 1 aromatic heterocycles. The van der Waals surface area contributed by atoms with Crippen LogP contribution in [0, 0.1) is 11.8 Å². The Labute approximate surface area is 77.1 Å². The molecule has 3 rings (SSSR count). The van der Waals surface area contributed by atoms with E-state index in [-0.39, 0.29) is 0 Å². The van der Waals surface area contributed by atoms with Gasteiger partial charge in [0.1, 0.15) is 0 Å². The molecule has 2 saturated carbocycles.